The van der Waals surface area contributed by atoms with Crippen LogP contribution in [-0.4, -0.2) is 23.3 Å². The number of methoxy groups -OCH3 is 1. The van der Waals surface area contributed by atoms with E-state index in [0.29, 0.717) is 0 Å². The van der Waals surface area contributed by atoms with Gasteiger partial charge in [-0.15, -0.1) is 0 Å². The van der Waals surface area contributed by atoms with Crippen molar-refractivity contribution in [3.05, 3.63) is 89.2 Å². The van der Waals surface area contributed by atoms with Gasteiger partial charge >= 0.3 is 0 Å². The fourth-order valence-corrected chi connectivity index (χ4v) is 4.38. The zero-order chi connectivity index (χ0) is 21.6. The lowest BCUT2D eigenvalue weighted by Crippen LogP contribution is -2.12. The molecule has 4 heteroatoms. The predicted octanol–water partition coefficient (Wildman–Crippen LogP) is 5.84. The zero-order valence-corrected chi connectivity index (χ0v) is 18.3. The van der Waals surface area contributed by atoms with Crippen LogP contribution < -0.4 is 9.47 Å². The van der Waals surface area contributed by atoms with Gasteiger partial charge in [0.2, 0.25) is 0 Å². The Labute approximate surface area is 184 Å². The average Bonchev–Trinajstić information content (AvgIpc) is 3.31. The van der Waals surface area contributed by atoms with E-state index < -0.39 is 6.10 Å². The van der Waals surface area contributed by atoms with Crippen LogP contribution in [0.5, 0.6) is 11.5 Å². The topological polar surface area (TPSA) is 51.6 Å². The Morgan fingerprint density at radius 1 is 0.903 bits per heavy atom. The summed E-state index contributed by atoms with van der Waals surface area (Å²) < 4.78 is 12.0. The Morgan fingerprint density at radius 3 is 2.19 bits per heavy atom. The highest BCUT2D eigenvalue weighted by molar-refractivity contribution is 5.47. The maximum Gasteiger partial charge on any atom is 0.161 e. The van der Waals surface area contributed by atoms with Crippen LogP contribution in [0.25, 0.3) is 0 Å². The summed E-state index contributed by atoms with van der Waals surface area (Å²) in [5.74, 6) is 1.76. The third-order valence-corrected chi connectivity index (χ3v) is 6.20. The molecule has 3 aromatic rings. The van der Waals surface area contributed by atoms with Gasteiger partial charge in [0.05, 0.1) is 19.3 Å². The summed E-state index contributed by atoms with van der Waals surface area (Å²) in [6, 6.07) is 18.7. The molecule has 0 spiro atoms. The summed E-state index contributed by atoms with van der Waals surface area (Å²) in [4.78, 5) is 4.16. The highest BCUT2D eigenvalue weighted by atomic mass is 16.5. The summed E-state index contributed by atoms with van der Waals surface area (Å²) >= 11 is 0. The first-order chi connectivity index (χ1) is 15.1. The molecule has 1 saturated carbocycles. The van der Waals surface area contributed by atoms with Crippen LogP contribution in [0.1, 0.15) is 66.9 Å². The molecule has 1 aliphatic carbocycles. The normalized spacial score (nSPS) is 16.1. The summed E-state index contributed by atoms with van der Waals surface area (Å²) in [6.07, 6.45) is 9.00. The lowest BCUT2D eigenvalue weighted by Gasteiger charge is -2.22. The van der Waals surface area contributed by atoms with Crippen LogP contribution in [0.4, 0.5) is 0 Å². The second kappa shape index (κ2) is 9.97. The first-order valence-corrected chi connectivity index (χ1v) is 11.2. The van der Waals surface area contributed by atoms with Crippen molar-refractivity contribution in [2.75, 3.05) is 7.11 Å². The minimum Gasteiger partial charge on any atom is -0.493 e. The first kappa shape index (κ1) is 21.4. The molecule has 1 heterocycles. The van der Waals surface area contributed by atoms with Gasteiger partial charge < -0.3 is 14.6 Å². The van der Waals surface area contributed by atoms with Crippen LogP contribution >= 0.6 is 0 Å². The molecule has 0 aliphatic heterocycles. The van der Waals surface area contributed by atoms with E-state index in [1.54, 1.807) is 14.0 Å². The molecule has 0 radical (unpaired) electrons. The van der Waals surface area contributed by atoms with Crippen LogP contribution in [0, 0.1) is 0 Å². The zero-order valence-electron chi connectivity index (χ0n) is 18.3. The number of hydrogen-bond acceptors (Lipinski definition) is 4. The summed E-state index contributed by atoms with van der Waals surface area (Å²) in [6.45, 7) is 1.79. The van der Waals surface area contributed by atoms with Gasteiger partial charge in [-0.05, 0) is 85.5 Å². The third kappa shape index (κ3) is 5.26. The number of aliphatic hydroxyl groups excluding tert-OH is 1. The largest absolute Gasteiger partial charge is 0.493 e. The monoisotopic (exact) mass is 417 g/mol. The molecule has 162 valence electrons. The highest BCUT2D eigenvalue weighted by Crippen LogP contribution is 2.37. The van der Waals surface area contributed by atoms with Gasteiger partial charge in [-0.1, -0.05) is 30.3 Å². The van der Waals surface area contributed by atoms with Crippen molar-refractivity contribution in [3.63, 3.8) is 0 Å². The van der Waals surface area contributed by atoms with Gasteiger partial charge in [-0.3, -0.25) is 4.98 Å². The number of pyridine rings is 1. The average molecular weight is 418 g/mol. The van der Waals surface area contributed by atoms with Crippen LogP contribution in [0.2, 0.25) is 0 Å². The predicted molar refractivity (Wildman–Crippen MR) is 123 cm³/mol. The molecule has 31 heavy (non-hydrogen) atoms. The maximum atomic E-state index is 9.90. The second-order valence-electron chi connectivity index (χ2n) is 8.39. The molecule has 0 amide bonds. The van der Waals surface area contributed by atoms with E-state index >= 15 is 0 Å². The number of benzene rings is 2. The van der Waals surface area contributed by atoms with Crippen molar-refractivity contribution in [3.8, 4) is 11.5 Å². The van der Waals surface area contributed by atoms with Crippen molar-refractivity contribution in [2.45, 2.75) is 57.2 Å². The van der Waals surface area contributed by atoms with E-state index in [0.717, 1.165) is 36.3 Å². The molecule has 4 nitrogen and oxygen atoms in total. The molecular formula is C27H31NO3. The summed E-state index contributed by atoms with van der Waals surface area (Å²) in [7, 11) is 1.69. The van der Waals surface area contributed by atoms with Crippen molar-refractivity contribution < 1.29 is 14.6 Å². The lowest BCUT2D eigenvalue weighted by atomic mass is 9.85. The summed E-state index contributed by atoms with van der Waals surface area (Å²) in [5.41, 5.74) is 4.55. The molecule has 1 aromatic heterocycles. The van der Waals surface area contributed by atoms with Gasteiger partial charge in [-0.25, -0.2) is 0 Å². The maximum absolute atomic E-state index is 9.90. The minimum absolute atomic E-state index is 0.155. The number of rotatable bonds is 8. The van der Waals surface area contributed by atoms with Gasteiger partial charge in [0.15, 0.2) is 11.5 Å². The van der Waals surface area contributed by atoms with Gasteiger partial charge in [0.1, 0.15) is 0 Å². The molecule has 1 unspecified atom stereocenters. The number of aromatic nitrogens is 1. The van der Waals surface area contributed by atoms with Crippen LogP contribution in [0.15, 0.2) is 67.0 Å². The molecule has 1 aliphatic rings. The molecule has 0 bridgehead atoms. The smallest absolute Gasteiger partial charge is 0.161 e. The molecule has 2 aromatic carbocycles. The Bertz CT molecular complexity index is 964. The summed E-state index contributed by atoms with van der Waals surface area (Å²) in [5, 5.41) is 9.90. The van der Waals surface area contributed by atoms with E-state index in [1.165, 1.54) is 29.5 Å². The van der Waals surface area contributed by atoms with Crippen LogP contribution in [0.3, 0.4) is 0 Å². The van der Waals surface area contributed by atoms with Crippen molar-refractivity contribution in [2.24, 2.45) is 0 Å². The van der Waals surface area contributed by atoms with E-state index in [-0.39, 0.29) is 12.0 Å². The Balaban J connectivity index is 1.69. The number of nitrogens with zero attached hydrogens (tertiary/aromatic N) is 1. The first-order valence-electron chi connectivity index (χ1n) is 11.2. The van der Waals surface area contributed by atoms with Gasteiger partial charge in [0, 0.05) is 18.3 Å². The Morgan fingerprint density at radius 2 is 1.55 bits per heavy atom. The van der Waals surface area contributed by atoms with E-state index in [4.69, 9.17) is 9.47 Å². The molecule has 0 saturated heterocycles. The molecule has 1 N–H and O–H groups in total. The molecular weight excluding hydrogens is 386 g/mol. The minimum atomic E-state index is -0.472. The number of hydrogen-bond donors (Lipinski definition) is 1. The third-order valence-electron chi connectivity index (χ3n) is 6.20. The van der Waals surface area contributed by atoms with E-state index in [2.05, 4.69) is 41.4 Å². The fraction of sp³-hybridized carbons (Fsp3) is 0.370. The Kier molecular flexibility index (Phi) is 6.88. The highest BCUT2D eigenvalue weighted by Gasteiger charge is 2.21. The van der Waals surface area contributed by atoms with Crippen molar-refractivity contribution in [1.29, 1.82) is 0 Å². The van der Waals surface area contributed by atoms with E-state index in [9.17, 15) is 5.11 Å². The van der Waals surface area contributed by atoms with Gasteiger partial charge in [0.25, 0.3) is 0 Å². The Hall–Kier alpha value is -2.85. The standard InChI is InChI=1S/C27H31NO3/c1-19(29)21-7-9-22(10-8-21)25(17-20-13-15-28-16-14-20)23-11-12-26(30-2)27(18-23)31-24-5-3-4-6-24/h7-16,18-19,24-25,29H,3-6,17H2,1-2H3/t19?,25-/m1/s1. The molecule has 1 fully saturated rings. The van der Waals surface area contributed by atoms with Crippen molar-refractivity contribution in [1.82, 2.24) is 4.98 Å². The quantitative estimate of drug-likeness (QED) is 0.500. The van der Waals surface area contributed by atoms with Crippen LogP contribution in [-0.2, 0) is 6.42 Å². The SMILES string of the molecule is COc1ccc([C@H](Cc2ccncc2)c2ccc(C(C)O)cc2)cc1OC1CCCC1. The second-order valence-corrected chi connectivity index (χ2v) is 8.39. The van der Waals surface area contributed by atoms with Crippen molar-refractivity contribution >= 4 is 0 Å². The number of ether oxygens (including phenoxy) is 2. The lowest BCUT2D eigenvalue weighted by molar-refractivity contribution is 0.199. The van der Waals surface area contributed by atoms with E-state index in [1.807, 2.05) is 30.6 Å². The molecule has 2 atom stereocenters. The fourth-order valence-electron chi connectivity index (χ4n) is 4.38. The number of aliphatic hydroxyl groups is 1. The molecule has 4 rings (SSSR count). The van der Waals surface area contributed by atoms with Gasteiger partial charge in [-0.2, -0.15) is 0 Å².